The fraction of sp³-hybridized carbons (Fsp3) is 1.00. The average molecular weight is 580 g/mol. The molecule has 2 aliphatic carbocycles. The third-order valence-electron chi connectivity index (χ3n) is 6.09. The van der Waals surface area contributed by atoms with Crippen molar-refractivity contribution in [3.8, 4) is 0 Å². The van der Waals surface area contributed by atoms with E-state index in [1.807, 2.05) is 0 Å². The van der Waals surface area contributed by atoms with Gasteiger partial charge in [-0.25, -0.2) is 0 Å². The average Bonchev–Trinajstić information content (AvgIpc) is 3.48. The molecule has 0 aromatic carbocycles. The van der Waals surface area contributed by atoms with E-state index in [0.717, 1.165) is 22.3 Å². The van der Waals surface area contributed by atoms with E-state index in [9.17, 15) is 0 Å². The zero-order chi connectivity index (χ0) is 15.5. The summed E-state index contributed by atoms with van der Waals surface area (Å²) in [6.07, 6.45) is 14.6. The Morgan fingerprint density at radius 2 is 1.00 bits per heavy atom. The summed E-state index contributed by atoms with van der Waals surface area (Å²) in [7, 11) is 0. The topological polar surface area (TPSA) is 0 Å². The summed E-state index contributed by atoms with van der Waals surface area (Å²) in [4.78, 5) is 0. The second-order valence-corrected chi connectivity index (χ2v) is 18.4. The third-order valence-corrected chi connectivity index (χ3v) is 18.1. The van der Waals surface area contributed by atoms with Gasteiger partial charge in [0.2, 0.25) is 0 Å². The standard InChI is InChI=1S/C19H32S2Te2/c1-5-18(22-12-16-10-20-16)6-2-14(1)9-15-3-7-19(8-4-15)23-13-17-11-21-17/h14-19H,1-13H2. The molecule has 132 valence electrons. The number of thioether (sulfide) groups is 2. The van der Waals surface area contributed by atoms with Crippen LogP contribution in [0.25, 0.3) is 0 Å². The summed E-state index contributed by atoms with van der Waals surface area (Å²) in [5.74, 6) is 5.28. The van der Waals surface area contributed by atoms with Crippen molar-refractivity contribution in [1.29, 1.82) is 0 Å². The van der Waals surface area contributed by atoms with Crippen molar-refractivity contribution in [3.05, 3.63) is 0 Å². The summed E-state index contributed by atoms with van der Waals surface area (Å²) >= 11 is 5.20. The molecule has 0 radical (unpaired) electrons. The molecule has 0 bridgehead atoms. The van der Waals surface area contributed by atoms with Crippen LogP contribution in [0.5, 0.6) is 0 Å². The van der Waals surface area contributed by atoms with Crippen molar-refractivity contribution >= 4 is 65.4 Å². The molecule has 0 nitrogen and oxygen atoms in total. The number of rotatable bonds is 8. The van der Waals surface area contributed by atoms with Crippen LogP contribution >= 0.6 is 23.5 Å². The minimum atomic E-state index is 0.375. The van der Waals surface area contributed by atoms with Crippen LogP contribution < -0.4 is 0 Å². The van der Waals surface area contributed by atoms with E-state index in [2.05, 4.69) is 23.5 Å². The molecule has 0 amide bonds. The van der Waals surface area contributed by atoms with Crippen LogP contribution in [0.4, 0.5) is 0 Å². The van der Waals surface area contributed by atoms with Crippen molar-refractivity contribution in [2.24, 2.45) is 11.8 Å². The van der Waals surface area contributed by atoms with Crippen LogP contribution in [0.2, 0.25) is 16.9 Å². The molecule has 2 aliphatic heterocycles. The molecule has 4 heteroatoms. The molecular formula is C19H32S2Te2. The van der Waals surface area contributed by atoms with Crippen molar-refractivity contribution in [3.63, 3.8) is 0 Å². The van der Waals surface area contributed by atoms with E-state index in [0.29, 0.717) is 41.8 Å². The predicted molar refractivity (Wildman–Crippen MR) is 110 cm³/mol. The Balaban J connectivity index is 1.08. The fourth-order valence-corrected chi connectivity index (χ4v) is 15.6. The van der Waals surface area contributed by atoms with E-state index in [-0.39, 0.29) is 0 Å². The van der Waals surface area contributed by atoms with E-state index >= 15 is 0 Å². The maximum atomic E-state index is 2.22. The van der Waals surface area contributed by atoms with Gasteiger partial charge < -0.3 is 0 Å². The summed E-state index contributed by atoms with van der Waals surface area (Å²) in [5, 5.41) is 2.26. The molecule has 0 aromatic heterocycles. The van der Waals surface area contributed by atoms with Gasteiger partial charge in [0.1, 0.15) is 0 Å². The molecule has 2 heterocycles. The van der Waals surface area contributed by atoms with Crippen LogP contribution in [0.3, 0.4) is 0 Å². The van der Waals surface area contributed by atoms with Gasteiger partial charge in [-0.1, -0.05) is 0 Å². The van der Waals surface area contributed by atoms with E-state index in [1.165, 1.54) is 19.4 Å². The van der Waals surface area contributed by atoms with Crippen molar-refractivity contribution < 1.29 is 0 Å². The molecule has 4 aliphatic rings. The monoisotopic (exact) mass is 584 g/mol. The van der Waals surface area contributed by atoms with Gasteiger partial charge >= 0.3 is 174 Å². The number of hydrogen-bond donors (Lipinski definition) is 0. The molecule has 2 unspecified atom stereocenters. The van der Waals surface area contributed by atoms with Gasteiger partial charge in [-0.15, -0.1) is 0 Å². The normalized spacial score (nSPS) is 43.3. The SMILES string of the molecule is C1CC([Te]CC2CS2)CCC1CC1CCC([Te]CC2CS2)CC1. The first-order valence-corrected chi connectivity index (χ1v) is 17.9. The molecule has 0 aromatic rings. The molecule has 2 atom stereocenters. The van der Waals surface area contributed by atoms with Crippen LogP contribution in [-0.2, 0) is 0 Å². The fourth-order valence-electron chi connectivity index (χ4n) is 4.36. The van der Waals surface area contributed by atoms with Gasteiger partial charge in [0.05, 0.1) is 0 Å². The molecule has 0 spiro atoms. The van der Waals surface area contributed by atoms with Crippen LogP contribution in [0.1, 0.15) is 57.8 Å². The summed E-state index contributed by atoms with van der Waals surface area (Å²) in [6, 6.07) is 0. The molecule has 4 fully saturated rings. The van der Waals surface area contributed by atoms with Crippen molar-refractivity contribution in [1.82, 2.24) is 0 Å². The Kier molecular flexibility index (Phi) is 7.67. The maximum absolute atomic E-state index is 2.22. The van der Waals surface area contributed by atoms with Crippen molar-refractivity contribution in [2.45, 2.75) is 85.2 Å². The van der Waals surface area contributed by atoms with Gasteiger partial charge in [-0.3, -0.25) is 0 Å². The third kappa shape index (κ3) is 6.74. The van der Waals surface area contributed by atoms with Gasteiger partial charge in [-0.05, 0) is 0 Å². The van der Waals surface area contributed by atoms with Crippen LogP contribution in [0, 0.1) is 11.8 Å². The van der Waals surface area contributed by atoms with Crippen molar-refractivity contribution in [2.75, 3.05) is 11.5 Å². The summed E-state index contributed by atoms with van der Waals surface area (Å²) in [5.41, 5.74) is 0. The zero-order valence-electron chi connectivity index (χ0n) is 14.3. The summed E-state index contributed by atoms with van der Waals surface area (Å²) < 4.78 is 5.80. The van der Waals surface area contributed by atoms with E-state index < -0.39 is 0 Å². The first-order valence-electron chi connectivity index (χ1n) is 9.81. The number of hydrogen-bond acceptors (Lipinski definition) is 2. The van der Waals surface area contributed by atoms with Gasteiger partial charge in [-0.2, -0.15) is 0 Å². The predicted octanol–water partition coefficient (Wildman–Crippen LogP) is 5.81. The van der Waals surface area contributed by atoms with Gasteiger partial charge in [0, 0.05) is 0 Å². The van der Waals surface area contributed by atoms with E-state index in [1.54, 1.807) is 66.7 Å². The molecule has 2 saturated carbocycles. The molecule has 4 rings (SSSR count). The van der Waals surface area contributed by atoms with Gasteiger partial charge in [0.15, 0.2) is 0 Å². The van der Waals surface area contributed by atoms with E-state index in [4.69, 9.17) is 0 Å². The first-order chi connectivity index (χ1) is 11.3. The Morgan fingerprint density at radius 1 is 0.609 bits per heavy atom. The van der Waals surface area contributed by atoms with Gasteiger partial charge in [0.25, 0.3) is 0 Å². The molecule has 0 N–H and O–H groups in total. The van der Waals surface area contributed by atoms with Crippen LogP contribution in [-0.4, -0.2) is 63.9 Å². The Labute approximate surface area is 172 Å². The quantitative estimate of drug-likeness (QED) is 0.263. The second-order valence-electron chi connectivity index (χ2n) is 8.10. The van der Waals surface area contributed by atoms with Crippen LogP contribution in [0.15, 0.2) is 0 Å². The Morgan fingerprint density at radius 3 is 1.35 bits per heavy atom. The molecule has 2 saturated heterocycles. The summed E-state index contributed by atoms with van der Waals surface area (Å²) in [6.45, 7) is 0. The molecule has 23 heavy (non-hydrogen) atoms. The Hall–Kier alpha value is 2.28. The molecular weight excluding hydrogens is 548 g/mol. The Bertz CT molecular complexity index is 320. The first kappa shape index (κ1) is 18.6. The second kappa shape index (κ2) is 9.47. The zero-order valence-corrected chi connectivity index (χ0v) is 20.6. The minimum absolute atomic E-state index is 0.375.